The first-order valence-electron chi connectivity index (χ1n) is 3.91. The minimum Gasteiger partial charge on any atom is -0.475 e. The third kappa shape index (κ3) is 1.93. The van der Waals surface area contributed by atoms with Crippen LogP contribution in [0.3, 0.4) is 0 Å². The summed E-state index contributed by atoms with van der Waals surface area (Å²) in [5.41, 5.74) is 0. The molecule has 0 fully saturated rings. The second-order valence-electron chi connectivity index (χ2n) is 2.71. The predicted octanol–water partition coefficient (Wildman–Crippen LogP) is 0.825. The van der Waals surface area contributed by atoms with Gasteiger partial charge in [0, 0.05) is 0 Å². The summed E-state index contributed by atoms with van der Waals surface area (Å²) in [6, 6.07) is 0. The Morgan fingerprint density at radius 2 is 1.54 bits per heavy atom. The van der Waals surface area contributed by atoms with Crippen molar-refractivity contribution < 1.29 is 18.3 Å². The van der Waals surface area contributed by atoms with Crippen molar-refractivity contribution in [3.63, 3.8) is 0 Å². The van der Waals surface area contributed by atoms with Gasteiger partial charge < -0.3 is 9.47 Å². The molecule has 2 rings (SSSR count). The van der Waals surface area contributed by atoms with E-state index in [1.54, 1.807) is 0 Å². The molecule has 0 bridgehead atoms. The summed E-state index contributed by atoms with van der Waals surface area (Å²) in [5.74, 6) is 0.445. The SMILES string of the molecule is F[C@@H]1COC(CC2=N[C@H](F)CO2)=N1. The second kappa shape index (κ2) is 3.27. The van der Waals surface area contributed by atoms with Crippen molar-refractivity contribution in [1.29, 1.82) is 0 Å². The first-order valence-corrected chi connectivity index (χ1v) is 3.91. The van der Waals surface area contributed by atoms with Crippen molar-refractivity contribution in [2.75, 3.05) is 13.2 Å². The van der Waals surface area contributed by atoms with E-state index in [4.69, 9.17) is 9.47 Å². The normalized spacial score (nSPS) is 32.2. The van der Waals surface area contributed by atoms with Gasteiger partial charge in [0.2, 0.25) is 12.6 Å². The van der Waals surface area contributed by atoms with Gasteiger partial charge in [0.1, 0.15) is 13.2 Å². The maximum absolute atomic E-state index is 12.5. The van der Waals surface area contributed by atoms with E-state index < -0.39 is 12.6 Å². The summed E-state index contributed by atoms with van der Waals surface area (Å²) in [5, 5.41) is 0. The van der Waals surface area contributed by atoms with E-state index in [1.165, 1.54) is 0 Å². The molecule has 0 radical (unpaired) electrons. The van der Waals surface area contributed by atoms with Crippen LogP contribution in [0.25, 0.3) is 0 Å². The number of ether oxygens (including phenoxy) is 2. The van der Waals surface area contributed by atoms with E-state index in [0.717, 1.165) is 0 Å². The summed E-state index contributed by atoms with van der Waals surface area (Å²) in [7, 11) is 0. The van der Waals surface area contributed by atoms with Crippen molar-refractivity contribution >= 4 is 11.8 Å². The zero-order valence-electron chi connectivity index (χ0n) is 6.74. The first kappa shape index (κ1) is 8.40. The fourth-order valence-electron chi connectivity index (χ4n) is 1.11. The molecule has 6 heteroatoms. The van der Waals surface area contributed by atoms with Crippen LogP contribution in [0, 0.1) is 0 Å². The fourth-order valence-corrected chi connectivity index (χ4v) is 1.11. The monoisotopic (exact) mass is 190 g/mol. The van der Waals surface area contributed by atoms with Crippen LogP contribution in [-0.4, -0.2) is 37.6 Å². The number of hydrogen-bond donors (Lipinski definition) is 0. The predicted molar refractivity (Wildman–Crippen MR) is 41.2 cm³/mol. The largest absolute Gasteiger partial charge is 0.475 e. The lowest BCUT2D eigenvalue weighted by Crippen LogP contribution is -2.08. The Bertz CT molecular complexity index is 241. The van der Waals surface area contributed by atoms with Crippen LogP contribution in [0.15, 0.2) is 9.98 Å². The summed E-state index contributed by atoms with van der Waals surface area (Å²) in [4.78, 5) is 7.04. The lowest BCUT2D eigenvalue weighted by molar-refractivity contribution is 0.226. The topological polar surface area (TPSA) is 43.2 Å². The van der Waals surface area contributed by atoms with E-state index in [9.17, 15) is 8.78 Å². The van der Waals surface area contributed by atoms with Gasteiger partial charge in [-0.05, 0) is 0 Å². The minimum atomic E-state index is -1.31. The van der Waals surface area contributed by atoms with Gasteiger partial charge >= 0.3 is 0 Å². The smallest absolute Gasteiger partial charge is 0.226 e. The molecule has 0 spiro atoms. The Kier molecular flexibility index (Phi) is 2.12. The summed E-state index contributed by atoms with van der Waals surface area (Å²) < 4.78 is 34.6. The molecule has 0 aliphatic carbocycles. The van der Waals surface area contributed by atoms with Crippen molar-refractivity contribution in [2.24, 2.45) is 9.98 Å². The average molecular weight is 190 g/mol. The lowest BCUT2D eigenvalue weighted by Gasteiger charge is -1.99. The highest BCUT2D eigenvalue weighted by atomic mass is 19.1. The van der Waals surface area contributed by atoms with Crippen LogP contribution in [-0.2, 0) is 9.47 Å². The summed E-state index contributed by atoms with van der Waals surface area (Å²) >= 11 is 0. The van der Waals surface area contributed by atoms with Gasteiger partial charge in [0.25, 0.3) is 0 Å². The van der Waals surface area contributed by atoms with E-state index in [2.05, 4.69) is 9.98 Å². The molecule has 0 saturated heterocycles. The molecule has 2 heterocycles. The molecule has 0 aromatic carbocycles. The fraction of sp³-hybridized carbons (Fsp3) is 0.714. The maximum Gasteiger partial charge on any atom is 0.226 e. The van der Waals surface area contributed by atoms with E-state index in [1.807, 2.05) is 0 Å². The Hall–Kier alpha value is -1.20. The number of hydrogen-bond acceptors (Lipinski definition) is 4. The zero-order chi connectivity index (χ0) is 9.26. The third-order valence-electron chi connectivity index (χ3n) is 1.65. The molecule has 0 N–H and O–H groups in total. The molecule has 0 aromatic rings. The van der Waals surface area contributed by atoms with Crippen molar-refractivity contribution in [1.82, 2.24) is 0 Å². The highest BCUT2D eigenvalue weighted by Crippen LogP contribution is 2.13. The summed E-state index contributed by atoms with van der Waals surface area (Å²) in [6.45, 7) is -0.136. The Balaban J connectivity index is 1.92. The number of nitrogens with zero attached hydrogens (tertiary/aromatic N) is 2. The van der Waals surface area contributed by atoms with Gasteiger partial charge in [-0.15, -0.1) is 0 Å². The molecule has 0 unspecified atom stereocenters. The molecule has 4 nitrogen and oxygen atoms in total. The highest BCUT2D eigenvalue weighted by Gasteiger charge is 2.23. The van der Waals surface area contributed by atoms with Gasteiger partial charge in [-0.1, -0.05) is 0 Å². The van der Waals surface area contributed by atoms with Gasteiger partial charge in [-0.3, -0.25) is 0 Å². The van der Waals surface area contributed by atoms with E-state index in [0.29, 0.717) is 0 Å². The van der Waals surface area contributed by atoms with E-state index >= 15 is 0 Å². The molecule has 72 valence electrons. The Labute approximate surface area is 73.3 Å². The number of aliphatic imine (C=N–C) groups is 2. The molecule has 13 heavy (non-hydrogen) atoms. The second-order valence-corrected chi connectivity index (χ2v) is 2.71. The average Bonchev–Trinajstić information content (AvgIpc) is 2.62. The van der Waals surface area contributed by atoms with Gasteiger partial charge in [-0.25, -0.2) is 18.8 Å². The van der Waals surface area contributed by atoms with Gasteiger partial charge in [0.15, 0.2) is 11.8 Å². The molecule has 0 saturated carbocycles. The Morgan fingerprint density at radius 1 is 1.08 bits per heavy atom. The van der Waals surface area contributed by atoms with Crippen LogP contribution in [0.4, 0.5) is 8.78 Å². The first-order chi connectivity index (χ1) is 6.24. The van der Waals surface area contributed by atoms with E-state index in [-0.39, 0.29) is 31.4 Å². The van der Waals surface area contributed by atoms with Crippen LogP contribution in [0.2, 0.25) is 0 Å². The van der Waals surface area contributed by atoms with Crippen LogP contribution in [0.1, 0.15) is 6.42 Å². The molecule has 2 aliphatic rings. The lowest BCUT2D eigenvalue weighted by atomic mass is 10.4. The van der Waals surface area contributed by atoms with Crippen molar-refractivity contribution in [2.45, 2.75) is 19.0 Å². The molecule has 0 aromatic heterocycles. The van der Waals surface area contributed by atoms with Gasteiger partial charge in [0.05, 0.1) is 6.42 Å². The van der Waals surface area contributed by atoms with Crippen molar-refractivity contribution in [3.05, 3.63) is 0 Å². The number of halogens is 2. The number of rotatable bonds is 2. The summed E-state index contributed by atoms with van der Waals surface area (Å²) in [6.07, 6.45) is -2.47. The van der Waals surface area contributed by atoms with Crippen LogP contribution in [0.5, 0.6) is 0 Å². The highest BCUT2D eigenvalue weighted by molar-refractivity contribution is 5.98. The molecular formula is C7H8F2N2O2. The quantitative estimate of drug-likeness (QED) is 0.605. The zero-order valence-corrected chi connectivity index (χ0v) is 6.74. The maximum atomic E-state index is 12.5. The molecular weight excluding hydrogens is 182 g/mol. The third-order valence-corrected chi connectivity index (χ3v) is 1.65. The molecule has 0 amide bonds. The minimum absolute atomic E-state index is 0.0678. The molecule has 2 atom stereocenters. The van der Waals surface area contributed by atoms with Crippen LogP contribution < -0.4 is 0 Å². The standard InChI is InChI=1S/C7H8F2N2O2/c8-4-2-12-6(10-4)1-7-11-5(9)3-13-7/h4-5H,1-3H2/t4-,5-/m0/s1. The molecule has 2 aliphatic heterocycles. The Morgan fingerprint density at radius 3 is 1.85 bits per heavy atom. The van der Waals surface area contributed by atoms with Crippen molar-refractivity contribution in [3.8, 4) is 0 Å². The van der Waals surface area contributed by atoms with Gasteiger partial charge in [-0.2, -0.15) is 0 Å². The number of alkyl halides is 2. The van der Waals surface area contributed by atoms with Crippen LogP contribution >= 0.6 is 0 Å².